The molecule has 2 atom stereocenters. The summed E-state index contributed by atoms with van der Waals surface area (Å²) in [7, 11) is 0. The van der Waals surface area contributed by atoms with Gasteiger partial charge in [-0.15, -0.1) is 6.58 Å². The second kappa shape index (κ2) is 3.43. The van der Waals surface area contributed by atoms with E-state index in [1.54, 1.807) is 0 Å². The summed E-state index contributed by atoms with van der Waals surface area (Å²) < 4.78 is 0. The van der Waals surface area contributed by atoms with Gasteiger partial charge in [0, 0.05) is 19.1 Å². The van der Waals surface area contributed by atoms with Gasteiger partial charge in [0.05, 0.1) is 0 Å². The molecule has 0 amide bonds. The maximum atomic E-state index is 6.18. The summed E-state index contributed by atoms with van der Waals surface area (Å²) >= 11 is 0. The van der Waals surface area contributed by atoms with Crippen molar-refractivity contribution in [1.29, 1.82) is 0 Å². The van der Waals surface area contributed by atoms with Crippen LogP contribution in [0.15, 0.2) is 12.7 Å². The van der Waals surface area contributed by atoms with Gasteiger partial charge >= 0.3 is 0 Å². The summed E-state index contributed by atoms with van der Waals surface area (Å²) in [6, 6.07) is 0.460. The summed E-state index contributed by atoms with van der Waals surface area (Å²) in [6.45, 7) is 7.25. The van der Waals surface area contributed by atoms with Crippen molar-refractivity contribution in [3.8, 4) is 0 Å². The lowest BCUT2D eigenvalue weighted by molar-refractivity contribution is 0.249. The fourth-order valence-electron chi connectivity index (χ4n) is 2.99. The third-order valence-corrected chi connectivity index (χ3v) is 3.83. The Morgan fingerprint density at radius 1 is 1.54 bits per heavy atom. The summed E-state index contributed by atoms with van der Waals surface area (Å²) in [4.78, 5) is 2.48. The molecule has 2 N–H and O–H groups in total. The molecule has 13 heavy (non-hydrogen) atoms. The maximum absolute atomic E-state index is 6.18. The lowest BCUT2D eigenvalue weighted by atomic mass is 9.82. The van der Waals surface area contributed by atoms with Crippen molar-refractivity contribution in [2.45, 2.75) is 31.7 Å². The van der Waals surface area contributed by atoms with E-state index in [-0.39, 0.29) is 0 Å². The Morgan fingerprint density at radius 2 is 2.38 bits per heavy atom. The number of rotatable bonds is 2. The van der Waals surface area contributed by atoms with E-state index in [1.165, 1.54) is 38.8 Å². The molecule has 1 aliphatic carbocycles. The van der Waals surface area contributed by atoms with Crippen LogP contribution >= 0.6 is 0 Å². The molecule has 1 saturated carbocycles. The monoisotopic (exact) mass is 180 g/mol. The SMILES string of the molecule is C=CCN1CCC2(CCCC2N)C1. The molecule has 2 rings (SSSR count). The van der Waals surface area contributed by atoms with Gasteiger partial charge in [-0.25, -0.2) is 0 Å². The lowest BCUT2D eigenvalue weighted by Gasteiger charge is -2.28. The maximum Gasteiger partial charge on any atom is 0.0160 e. The molecule has 2 heteroatoms. The third kappa shape index (κ3) is 1.53. The Bertz CT molecular complexity index is 202. The topological polar surface area (TPSA) is 29.3 Å². The molecule has 1 heterocycles. The Kier molecular flexibility index (Phi) is 2.43. The average Bonchev–Trinajstić information content (AvgIpc) is 2.64. The zero-order valence-electron chi connectivity index (χ0n) is 8.34. The molecule has 1 saturated heterocycles. The van der Waals surface area contributed by atoms with Crippen molar-refractivity contribution in [2.24, 2.45) is 11.1 Å². The van der Waals surface area contributed by atoms with Gasteiger partial charge in [-0.3, -0.25) is 4.90 Å². The summed E-state index contributed by atoms with van der Waals surface area (Å²) in [5.74, 6) is 0. The van der Waals surface area contributed by atoms with Crippen LogP contribution < -0.4 is 5.73 Å². The molecule has 1 spiro atoms. The quantitative estimate of drug-likeness (QED) is 0.650. The molecule has 2 fully saturated rings. The molecule has 0 radical (unpaired) electrons. The van der Waals surface area contributed by atoms with E-state index in [0.717, 1.165) is 6.54 Å². The van der Waals surface area contributed by atoms with Gasteiger partial charge in [-0.05, 0) is 31.2 Å². The fraction of sp³-hybridized carbons (Fsp3) is 0.818. The van der Waals surface area contributed by atoms with Gasteiger partial charge in [0.25, 0.3) is 0 Å². The van der Waals surface area contributed by atoms with Crippen molar-refractivity contribution >= 4 is 0 Å². The van der Waals surface area contributed by atoms with Gasteiger partial charge in [-0.1, -0.05) is 12.5 Å². The van der Waals surface area contributed by atoms with Crippen molar-refractivity contribution in [3.63, 3.8) is 0 Å². The highest BCUT2D eigenvalue weighted by atomic mass is 15.2. The van der Waals surface area contributed by atoms with E-state index in [2.05, 4.69) is 11.5 Å². The first-order valence-corrected chi connectivity index (χ1v) is 5.36. The molecule has 0 aromatic rings. The molecule has 2 aliphatic rings. The molecular weight excluding hydrogens is 160 g/mol. The van der Waals surface area contributed by atoms with E-state index >= 15 is 0 Å². The number of nitrogens with two attached hydrogens (primary N) is 1. The van der Waals surface area contributed by atoms with Crippen LogP contribution in [-0.4, -0.2) is 30.6 Å². The van der Waals surface area contributed by atoms with Gasteiger partial charge in [0.1, 0.15) is 0 Å². The molecule has 2 unspecified atom stereocenters. The van der Waals surface area contributed by atoms with E-state index in [0.29, 0.717) is 11.5 Å². The Hall–Kier alpha value is -0.340. The van der Waals surface area contributed by atoms with E-state index in [1.807, 2.05) is 6.08 Å². The van der Waals surface area contributed by atoms with Crippen molar-refractivity contribution in [2.75, 3.05) is 19.6 Å². The van der Waals surface area contributed by atoms with Crippen molar-refractivity contribution in [1.82, 2.24) is 4.90 Å². The first kappa shape index (κ1) is 9.22. The molecular formula is C11H20N2. The van der Waals surface area contributed by atoms with Gasteiger partial charge < -0.3 is 5.73 Å². The van der Waals surface area contributed by atoms with Crippen molar-refractivity contribution in [3.05, 3.63) is 12.7 Å². The highest BCUT2D eigenvalue weighted by Gasteiger charge is 2.45. The normalized spacial score (nSPS) is 40.2. The number of likely N-dealkylation sites (tertiary alicyclic amines) is 1. The number of hydrogen-bond acceptors (Lipinski definition) is 2. The van der Waals surface area contributed by atoms with Crippen LogP contribution in [0.5, 0.6) is 0 Å². The number of hydrogen-bond donors (Lipinski definition) is 1. The van der Waals surface area contributed by atoms with Crippen LogP contribution in [0.1, 0.15) is 25.7 Å². The van der Waals surface area contributed by atoms with E-state index in [4.69, 9.17) is 5.73 Å². The number of nitrogens with zero attached hydrogens (tertiary/aromatic N) is 1. The minimum Gasteiger partial charge on any atom is -0.327 e. The summed E-state index contributed by atoms with van der Waals surface area (Å²) in [5.41, 5.74) is 6.66. The Morgan fingerprint density at radius 3 is 3.00 bits per heavy atom. The van der Waals surface area contributed by atoms with Crippen LogP contribution in [0.2, 0.25) is 0 Å². The summed E-state index contributed by atoms with van der Waals surface area (Å²) in [6.07, 6.45) is 7.23. The van der Waals surface area contributed by atoms with Crippen LogP contribution in [-0.2, 0) is 0 Å². The molecule has 2 nitrogen and oxygen atoms in total. The Labute approximate surface area is 80.8 Å². The molecule has 0 bridgehead atoms. The third-order valence-electron chi connectivity index (χ3n) is 3.83. The Balaban J connectivity index is 1.99. The average molecular weight is 180 g/mol. The smallest absolute Gasteiger partial charge is 0.0160 e. The fourth-order valence-corrected chi connectivity index (χ4v) is 2.99. The van der Waals surface area contributed by atoms with Crippen LogP contribution in [0.3, 0.4) is 0 Å². The standard InChI is InChI=1S/C11H20N2/c1-2-7-13-8-6-11(9-13)5-3-4-10(11)12/h2,10H,1,3-9,12H2. The molecule has 0 aromatic heterocycles. The second-order valence-corrected chi connectivity index (χ2v) is 4.63. The minimum atomic E-state index is 0.460. The van der Waals surface area contributed by atoms with Gasteiger partial charge in [0.15, 0.2) is 0 Å². The van der Waals surface area contributed by atoms with E-state index < -0.39 is 0 Å². The first-order valence-electron chi connectivity index (χ1n) is 5.36. The van der Waals surface area contributed by atoms with Gasteiger partial charge in [0.2, 0.25) is 0 Å². The second-order valence-electron chi connectivity index (χ2n) is 4.63. The van der Waals surface area contributed by atoms with Crippen molar-refractivity contribution < 1.29 is 0 Å². The highest BCUT2D eigenvalue weighted by Crippen LogP contribution is 2.44. The zero-order valence-corrected chi connectivity index (χ0v) is 8.34. The molecule has 74 valence electrons. The zero-order chi connectivity index (χ0) is 9.31. The van der Waals surface area contributed by atoms with Crippen LogP contribution in [0, 0.1) is 5.41 Å². The largest absolute Gasteiger partial charge is 0.327 e. The van der Waals surface area contributed by atoms with E-state index in [9.17, 15) is 0 Å². The highest BCUT2D eigenvalue weighted by molar-refractivity contribution is 5.01. The minimum absolute atomic E-state index is 0.460. The van der Waals surface area contributed by atoms with Crippen LogP contribution in [0.25, 0.3) is 0 Å². The first-order chi connectivity index (χ1) is 6.27. The summed E-state index contributed by atoms with van der Waals surface area (Å²) in [5, 5.41) is 0. The van der Waals surface area contributed by atoms with Crippen LogP contribution in [0.4, 0.5) is 0 Å². The van der Waals surface area contributed by atoms with Gasteiger partial charge in [-0.2, -0.15) is 0 Å². The molecule has 0 aromatic carbocycles. The predicted octanol–water partition coefficient (Wildman–Crippen LogP) is 1.38. The predicted molar refractivity (Wildman–Crippen MR) is 55.5 cm³/mol. The molecule has 1 aliphatic heterocycles. The lowest BCUT2D eigenvalue weighted by Crippen LogP contribution is -2.39.